The lowest BCUT2D eigenvalue weighted by atomic mass is 9.85. The van der Waals surface area contributed by atoms with E-state index >= 15 is 0 Å². The van der Waals surface area contributed by atoms with Crippen LogP contribution in [-0.4, -0.2) is 39.2 Å². The molecule has 1 fully saturated rings. The van der Waals surface area contributed by atoms with Gasteiger partial charge in [0.25, 0.3) is 0 Å². The zero-order valence-electron chi connectivity index (χ0n) is 12.1. The first kappa shape index (κ1) is 15.5. The van der Waals surface area contributed by atoms with Crippen molar-refractivity contribution < 1.29 is 8.42 Å². The minimum absolute atomic E-state index is 0.179. The summed E-state index contributed by atoms with van der Waals surface area (Å²) in [6, 6.07) is 6.88. The number of sulfone groups is 1. The molecule has 1 aromatic rings. The maximum atomic E-state index is 12.2. The quantitative estimate of drug-likeness (QED) is 0.831. The van der Waals surface area contributed by atoms with Crippen molar-refractivity contribution in [3.05, 3.63) is 29.8 Å². The molecule has 1 saturated carbocycles. The summed E-state index contributed by atoms with van der Waals surface area (Å²) in [5.41, 5.74) is 6.47. The Labute approximate surface area is 121 Å². The molecule has 2 N–H and O–H groups in total. The Bertz CT molecular complexity index is 521. The predicted octanol–water partition coefficient (Wildman–Crippen LogP) is 1.65. The summed E-state index contributed by atoms with van der Waals surface area (Å²) in [7, 11) is -1.18. The van der Waals surface area contributed by atoms with E-state index in [4.69, 9.17) is 5.73 Å². The maximum absolute atomic E-state index is 12.2. The summed E-state index contributed by atoms with van der Waals surface area (Å²) >= 11 is 0. The minimum atomic E-state index is -3.19. The first-order valence-electron chi connectivity index (χ1n) is 7.21. The van der Waals surface area contributed by atoms with Crippen LogP contribution in [0, 0.1) is 5.92 Å². The second kappa shape index (κ2) is 6.70. The Balaban J connectivity index is 1.88. The number of rotatable bonds is 7. The molecule has 4 nitrogen and oxygen atoms in total. The first-order chi connectivity index (χ1) is 9.51. The van der Waals surface area contributed by atoms with Crippen molar-refractivity contribution in [2.75, 3.05) is 25.9 Å². The summed E-state index contributed by atoms with van der Waals surface area (Å²) in [6.07, 6.45) is 3.90. The van der Waals surface area contributed by atoms with E-state index < -0.39 is 9.84 Å². The molecule has 0 aromatic heterocycles. The SMILES string of the molecule is CN(CCS(=O)(=O)c1ccc(CN)cc1)CC1CCC1. The number of hydrogen-bond donors (Lipinski definition) is 1. The highest BCUT2D eigenvalue weighted by atomic mass is 32.2. The molecule has 1 aliphatic rings. The fraction of sp³-hybridized carbons (Fsp3) is 0.600. The van der Waals surface area contributed by atoms with Gasteiger partial charge in [-0.05, 0) is 43.5 Å². The topological polar surface area (TPSA) is 63.4 Å². The Morgan fingerprint density at radius 3 is 2.40 bits per heavy atom. The summed E-state index contributed by atoms with van der Waals surface area (Å²) in [6.45, 7) is 2.05. The molecule has 5 heteroatoms. The molecular weight excluding hydrogens is 272 g/mol. The monoisotopic (exact) mass is 296 g/mol. The van der Waals surface area contributed by atoms with Gasteiger partial charge in [-0.3, -0.25) is 0 Å². The van der Waals surface area contributed by atoms with Gasteiger partial charge in [-0.25, -0.2) is 8.42 Å². The Morgan fingerprint density at radius 1 is 1.25 bits per heavy atom. The van der Waals surface area contributed by atoms with Crippen LogP contribution in [0.25, 0.3) is 0 Å². The molecule has 2 rings (SSSR count). The van der Waals surface area contributed by atoms with Crippen LogP contribution in [0.4, 0.5) is 0 Å². The maximum Gasteiger partial charge on any atom is 0.179 e. The molecule has 0 aliphatic heterocycles. The molecule has 0 atom stereocenters. The Kier molecular flexibility index (Phi) is 5.18. The molecule has 1 aliphatic carbocycles. The lowest BCUT2D eigenvalue weighted by Crippen LogP contribution is -2.32. The van der Waals surface area contributed by atoms with Crippen LogP contribution in [0.15, 0.2) is 29.2 Å². The lowest BCUT2D eigenvalue weighted by molar-refractivity contribution is 0.212. The second-order valence-corrected chi connectivity index (χ2v) is 7.84. The largest absolute Gasteiger partial charge is 0.326 e. The van der Waals surface area contributed by atoms with Crippen LogP contribution >= 0.6 is 0 Å². The van der Waals surface area contributed by atoms with Crippen LogP contribution in [0.3, 0.4) is 0 Å². The van der Waals surface area contributed by atoms with Gasteiger partial charge in [0.05, 0.1) is 10.6 Å². The fourth-order valence-corrected chi connectivity index (χ4v) is 3.77. The average molecular weight is 296 g/mol. The second-order valence-electron chi connectivity index (χ2n) is 5.73. The molecule has 0 amide bonds. The number of benzene rings is 1. The van der Waals surface area contributed by atoms with Gasteiger partial charge in [0, 0.05) is 19.6 Å². The van der Waals surface area contributed by atoms with E-state index in [1.165, 1.54) is 19.3 Å². The van der Waals surface area contributed by atoms with Gasteiger partial charge in [0.2, 0.25) is 0 Å². The highest BCUT2D eigenvalue weighted by Crippen LogP contribution is 2.26. The van der Waals surface area contributed by atoms with Gasteiger partial charge < -0.3 is 10.6 Å². The van der Waals surface area contributed by atoms with Crippen molar-refractivity contribution in [2.45, 2.75) is 30.7 Å². The van der Waals surface area contributed by atoms with Gasteiger partial charge in [-0.15, -0.1) is 0 Å². The van der Waals surface area contributed by atoms with Crippen LogP contribution in [0.1, 0.15) is 24.8 Å². The van der Waals surface area contributed by atoms with E-state index in [0.717, 1.165) is 18.0 Å². The van der Waals surface area contributed by atoms with Crippen LogP contribution in [0.2, 0.25) is 0 Å². The van der Waals surface area contributed by atoms with E-state index in [1.807, 2.05) is 7.05 Å². The minimum Gasteiger partial charge on any atom is -0.326 e. The molecule has 0 spiro atoms. The van der Waals surface area contributed by atoms with Crippen molar-refractivity contribution >= 4 is 9.84 Å². The van der Waals surface area contributed by atoms with Gasteiger partial charge in [0.15, 0.2) is 9.84 Å². The third kappa shape index (κ3) is 4.04. The smallest absolute Gasteiger partial charge is 0.179 e. The molecule has 112 valence electrons. The van der Waals surface area contributed by atoms with E-state index in [-0.39, 0.29) is 5.75 Å². The molecule has 0 saturated heterocycles. The van der Waals surface area contributed by atoms with Gasteiger partial charge in [-0.1, -0.05) is 18.6 Å². The van der Waals surface area contributed by atoms with Crippen molar-refractivity contribution in [2.24, 2.45) is 11.7 Å². The Hall–Kier alpha value is -0.910. The molecule has 1 aromatic carbocycles. The average Bonchev–Trinajstić information content (AvgIpc) is 2.41. The molecular formula is C15H24N2O2S. The zero-order chi connectivity index (χ0) is 14.6. The Morgan fingerprint density at radius 2 is 1.90 bits per heavy atom. The third-order valence-corrected chi connectivity index (χ3v) is 5.76. The standard InChI is InChI=1S/C15H24N2O2S/c1-17(12-14-3-2-4-14)9-10-20(18,19)15-7-5-13(11-16)6-8-15/h5-8,14H,2-4,9-12,16H2,1H3. The lowest BCUT2D eigenvalue weighted by Gasteiger charge is -2.30. The van der Waals surface area contributed by atoms with Crippen molar-refractivity contribution in [1.82, 2.24) is 4.90 Å². The van der Waals surface area contributed by atoms with Gasteiger partial charge in [0.1, 0.15) is 0 Å². The fourth-order valence-electron chi connectivity index (χ4n) is 2.43. The number of hydrogen-bond acceptors (Lipinski definition) is 4. The highest BCUT2D eigenvalue weighted by Gasteiger charge is 2.20. The van der Waals surface area contributed by atoms with Crippen molar-refractivity contribution in [3.63, 3.8) is 0 Å². The summed E-state index contributed by atoms with van der Waals surface area (Å²) in [5.74, 6) is 0.949. The number of nitrogens with zero attached hydrogens (tertiary/aromatic N) is 1. The zero-order valence-corrected chi connectivity index (χ0v) is 12.9. The predicted molar refractivity (Wildman–Crippen MR) is 81.2 cm³/mol. The van der Waals surface area contributed by atoms with E-state index in [1.54, 1.807) is 24.3 Å². The molecule has 20 heavy (non-hydrogen) atoms. The van der Waals surface area contributed by atoms with Gasteiger partial charge >= 0.3 is 0 Å². The molecule has 0 radical (unpaired) electrons. The normalized spacial score (nSPS) is 16.4. The molecule has 0 bridgehead atoms. The van der Waals surface area contributed by atoms with Crippen LogP contribution in [-0.2, 0) is 16.4 Å². The summed E-state index contributed by atoms with van der Waals surface area (Å²) in [4.78, 5) is 2.53. The van der Waals surface area contributed by atoms with Crippen molar-refractivity contribution in [1.29, 1.82) is 0 Å². The number of nitrogens with two attached hydrogens (primary N) is 1. The summed E-state index contributed by atoms with van der Waals surface area (Å²) in [5, 5.41) is 0. The van der Waals surface area contributed by atoms with Gasteiger partial charge in [-0.2, -0.15) is 0 Å². The van der Waals surface area contributed by atoms with E-state index in [2.05, 4.69) is 4.90 Å². The van der Waals surface area contributed by atoms with Crippen LogP contribution in [0.5, 0.6) is 0 Å². The third-order valence-electron chi connectivity index (χ3n) is 4.05. The van der Waals surface area contributed by atoms with Crippen LogP contribution < -0.4 is 5.73 Å². The van der Waals surface area contributed by atoms with E-state index in [0.29, 0.717) is 18.0 Å². The summed E-state index contributed by atoms with van der Waals surface area (Å²) < 4.78 is 24.5. The molecule has 0 heterocycles. The first-order valence-corrected chi connectivity index (χ1v) is 8.87. The highest BCUT2D eigenvalue weighted by molar-refractivity contribution is 7.91. The van der Waals surface area contributed by atoms with E-state index in [9.17, 15) is 8.42 Å². The van der Waals surface area contributed by atoms with Crippen molar-refractivity contribution in [3.8, 4) is 0 Å². The molecule has 0 unspecified atom stereocenters.